The normalized spacial score (nSPS) is 10.3. The summed E-state index contributed by atoms with van der Waals surface area (Å²) in [6.07, 6.45) is 1.72. The first kappa shape index (κ1) is 10.6. The van der Waals surface area contributed by atoms with Crippen molar-refractivity contribution < 1.29 is 4.79 Å². The molecule has 0 atom stereocenters. The molecular formula is C9H11N5OS. The van der Waals surface area contributed by atoms with Gasteiger partial charge in [-0.05, 0) is 6.92 Å². The van der Waals surface area contributed by atoms with Gasteiger partial charge in [-0.3, -0.25) is 14.9 Å². The Morgan fingerprint density at radius 1 is 1.69 bits per heavy atom. The number of hydrogen-bond donors (Lipinski definition) is 3. The van der Waals surface area contributed by atoms with Gasteiger partial charge in [0.2, 0.25) is 0 Å². The third-order valence-corrected chi connectivity index (χ3v) is 2.89. The van der Waals surface area contributed by atoms with Crippen LogP contribution in [0.2, 0.25) is 0 Å². The molecule has 0 aliphatic rings. The predicted molar refractivity (Wildman–Crippen MR) is 61.0 cm³/mol. The first-order valence-electron chi connectivity index (χ1n) is 4.64. The summed E-state index contributed by atoms with van der Waals surface area (Å²) in [7, 11) is 0. The number of aromatic nitrogens is 3. The number of anilines is 1. The number of aromatic amines is 1. The van der Waals surface area contributed by atoms with Gasteiger partial charge >= 0.3 is 0 Å². The molecule has 0 aliphatic carbocycles. The van der Waals surface area contributed by atoms with Gasteiger partial charge in [0, 0.05) is 16.8 Å². The molecular weight excluding hydrogens is 226 g/mol. The van der Waals surface area contributed by atoms with Crippen LogP contribution in [0.25, 0.3) is 0 Å². The highest BCUT2D eigenvalue weighted by Crippen LogP contribution is 2.12. The highest BCUT2D eigenvalue weighted by molar-refractivity contribution is 7.09. The van der Waals surface area contributed by atoms with E-state index in [4.69, 9.17) is 5.73 Å². The summed E-state index contributed by atoms with van der Waals surface area (Å²) in [6.45, 7) is 2.21. The van der Waals surface area contributed by atoms with E-state index < -0.39 is 0 Å². The molecule has 84 valence electrons. The molecule has 0 bridgehead atoms. The summed E-state index contributed by atoms with van der Waals surface area (Å²) in [4.78, 5) is 16.7. The van der Waals surface area contributed by atoms with E-state index in [0.717, 1.165) is 4.88 Å². The molecule has 0 radical (unpaired) electrons. The molecule has 16 heavy (non-hydrogen) atoms. The number of nitrogens with two attached hydrogens (primary N) is 1. The average molecular weight is 237 g/mol. The lowest BCUT2D eigenvalue weighted by molar-refractivity contribution is 0.0951. The molecule has 1 amide bonds. The van der Waals surface area contributed by atoms with Gasteiger partial charge in [-0.1, -0.05) is 0 Å². The van der Waals surface area contributed by atoms with Crippen LogP contribution in [0, 0.1) is 6.92 Å². The molecule has 7 heteroatoms. The number of amides is 1. The summed E-state index contributed by atoms with van der Waals surface area (Å²) >= 11 is 1.49. The van der Waals surface area contributed by atoms with Crippen LogP contribution in [0.1, 0.15) is 20.9 Å². The smallest absolute Gasteiger partial charge is 0.257 e. The number of nitrogens with one attached hydrogen (secondary N) is 2. The maximum absolute atomic E-state index is 11.8. The lowest BCUT2D eigenvalue weighted by atomic mass is 10.2. The third-order valence-electron chi connectivity index (χ3n) is 2.11. The number of carbonyl (C=O) groups is 1. The van der Waals surface area contributed by atoms with Crippen LogP contribution < -0.4 is 11.1 Å². The number of nitrogen functional groups attached to an aromatic ring is 1. The molecule has 0 spiro atoms. The molecule has 0 unspecified atom stereocenters. The van der Waals surface area contributed by atoms with E-state index >= 15 is 0 Å². The Hall–Kier alpha value is -1.89. The maximum Gasteiger partial charge on any atom is 0.257 e. The molecule has 0 aromatic carbocycles. The van der Waals surface area contributed by atoms with Crippen molar-refractivity contribution in [2.45, 2.75) is 13.5 Å². The molecule has 0 fully saturated rings. The number of nitrogens with zero attached hydrogens (tertiary/aromatic N) is 2. The standard InChI is InChI=1S/C9H11N5OS/c1-5-7(8(10)14-13-5)9(15)12-3-6-2-11-4-16-6/h2,4H,3H2,1H3,(H,12,15)(H3,10,13,14). The monoisotopic (exact) mass is 237 g/mol. The second-order valence-corrected chi connectivity index (χ2v) is 4.23. The van der Waals surface area contributed by atoms with E-state index in [0.29, 0.717) is 17.8 Å². The van der Waals surface area contributed by atoms with Gasteiger partial charge in [0.25, 0.3) is 5.91 Å². The van der Waals surface area contributed by atoms with Crippen LogP contribution in [0.4, 0.5) is 5.82 Å². The zero-order valence-corrected chi connectivity index (χ0v) is 9.47. The zero-order chi connectivity index (χ0) is 11.5. The van der Waals surface area contributed by atoms with Crippen LogP contribution in [-0.4, -0.2) is 21.1 Å². The van der Waals surface area contributed by atoms with Crippen molar-refractivity contribution >= 4 is 23.1 Å². The highest BCUT2D eigenvalue weighted by atomic mass is 32.1. The van der Waals surface area contributed by atoms with E-state index in [1.165, 1.54) is 11.3 Å². The predicted octanol–water partition coefficient (Wildman–Crippen LogP) is 0.687. The van der Waals surface area contributed by atoms with Crippen LogP contribution in [0.15, 0.2) is 11.7 Å². The lowest BCUT2D eigenvalue weighted by Crippen LogP contribution is -2.23. The summed E-state index contributed by atoms with van der Waals surface area (Å²) in [5.41, 5.74) is 8.37. The molecule has 0 aliphatic heterocycles. The van der Waals surface area contributed by atoms with Crippen LogP contribution >= 0.6 is 11.3 Å². The maximum atomic E-state index is 11.8. The van der Waals surface area contributed by atoms with Gasteiger partial charge in [0.15, 0.2) is 5.82 Å². The Labute approximate surface area is 95.9 Å². The largest absolute Gasteiger partial charge is 0.382 e. The van der Waals surface area contributed by atoms with E-state index in [9.17, 15) is 4.79 Å². The van der Waals surface area contributed by atoms with Crippen LogP contribution in [0.3, 0.4) is 0 Å². The lowest BCUT2D eigenvalue weighted by Gasteiger charge is -2.02. The summed E-state index contributed by atoms with van der Waals surface area (Å²) in [6, 6.07) is 0. The number of H-pyrrole nitrogens is 1. The van der Waals surface area contributed by atoms with Crippen molar-refractivity contribution in [2.24, 2.45) is 0 Å². The van der Waals surface area contributed by atoms with Gasteiger partial charge in [0.05, 0.1) is 12.1 Å². The molecule has 4 N–H and O–H groups in total. The average Bonchev–Trinajstić information content (AvgIpc) is 2.86. The van der Waals surface area contributed by atoms with Gasteiger partial charge in [0.1, 0.15) is 5.56 Å². The fourth-order valence-electron chi connectivity index (χ4n) is 1.32. The van der Waals surface area contributed by atoms with E-state index in [1.807, 2.05) is 0 Å². The number of aryl methyl sites for hydroxylation is 1. The highest BCUT2D eigenvalue weighted by Gasteiger charge is 2.15. The number of rotatable bonds is 3. The Morgan fingerprint density at radius 2 is 2.50 bits per heavy atom. The van der Waals surface area contributed by atoms with Crippen molar-refractivity contribution in [1.82, 2.24) is 20.5 Å². The molecule has 2 aromatic rings. The Kier molecular flexibility index (Phi) is 2.86. The molecule has 6 nitrogen and oxygen atoms in total. The van der Waals surface area contributed by atoms with Gasteiger partial charge in [-0.2, -0.15) is 5.10 Å². The SMILES string of the molecule is Cc1[nH]nc(N)c1C(=O)NCc1cncs1. The van der Waals surface area contributed by atoms with Gasteiger partial charge in [-0.25, -0.2) is 0 Å². The van der Waals surface area contributed by atoms with Gasteiger partial charge in [-0.15, -0.1) is 11.3 Å². The zero-order valence-electron chi connectivity index (χ0n) is 8.65. The van der Waals surface area contributed by atoms with Crippen LogP contribution in [0.5, 0.6) is 0 Å². The summed E-state index contributed by atoms with van der Waals surface area (Å²) in [5.74, 6) is -0.00328. The van der Waals surface area contributed by atoms with E-state index in [-0.39, 0.29) is 11.7 Å². The second kappa shape index (κ2) is 4.31. The van der Waals surface area contributed by atoms with Crippen molar-refractivity contribution in [3.63, 3.8) is 0 Å². The van der Waals surface area contributed by atoms with Crippen LogP contribution in [-0.2, 0) is 6.54 Å². The molecule has 2 aromatic heterocycles. The van der Waals surface area contributed by atoms with E-state index in [1.54, 1.807) is 18.6 Å². The Bertz CT molecular complexity index is 470. The van der Waals surface area contributed by atoms with Crippen molar-refractivity contribution in [3.05, 3.63) is 27.8 Å². The van der Waals surface area contributed by atoms with E-state index in [2.05, 4.69) is 20.5 Å². The fraction of sp³-hybridized carbons (Fsp3) is 0.222. The number of thiazole rings is 1. The van der Waals surface area contributed by atoms with Gasteiger partial charge < -0.3 is 11.1 Å². The quantitative estimate of drug-likeness (QED) is 0.731. The minimum Gasteiger partial charge on any atom is -0.382 e. The topological polar surface area (TPSA) is 96.7 Å². The van der Waals surface area contributed by atoms with Crippen molar-refractivity contribution in [1.29, 1.82) is 0 Å². The number of carbonyl (C=O) groups excluding carboxylic acids is 1. The number of hydrogen-bond acceptors (Lipinski definition) is 5. The summed E-state index contributed by atoms with van der Waals surface area (Å²) < 4.78 is 0. The first-order chi connectivity index (χ1) is 7.68. The Balaban J connectivity index is 2.04. The Morgan fingerprint density at radius 3 is 3.06 bits per heavy atom. The fourth-order valence-corrected chi connectivity index (χ4v) is 1.85. The van der Waals surface area contributed by atoms with Crippen molar-refractivity contribution in [2.75, 3.05) is 5.73 Å². The molecule has 2 heterocycles. The minimum absolute atomic E-state index is 0.222. The molecule has 0 saturated carbocycles. The molecule has 0 saturated heterocycles. The second-order valence-electron chi connectivity index (χ2n) is 3.26. The third kappa shape index (κ3) is 2.03. The first-order valence-corrected chi connectivity index (χ1v) is 5.52. The van der Waals surface area contributed by atoms with Crippen molar-refractivity contribution in [3.8, 4) is 0 Å². The summed E-state index contributed by atoms with van der Waals surface area (Å²) in [5, 5.41) is 9.19. The molecule has 2 rings (SSSR count). The minimum atomic E-state index is -0.225.